The van der Waals surface area contributed by atoms with Crippen molar-refractivity contribution in [3.05, 3.63) is 120 Å². The van der Waals surface area contributed by atoms with E-state index in [1.807, 2.05) is 35.7 Å². The molecule has 3 aliphatic rings. The summed E-state index contributed by atoms with van der Waals surface area (Å²) >= 11 is 3.70. The molecule has 0 aromatic heterocycles. The fourth-order valence-corrected chi connectivity index (χ4v) is 7.67. The zero-order valence-corrected chi connectivity index (χ0v) is 22.6. The maximum Gasteiger partial charge on any atom is 0.0556 e. The lowest BCUT2D eigenvalue weighted by atomic mass is 10.1. The van der Waals surface area contributed by atoms with Crippen LogP contribution in [-0.4, -0.2) is 13.1 Å². The van der Waals surface area contributed by atoms with E-state index in [0.29, 0.717) is 0 Å². The van der Waals surface area contributed by atoms with Crippen molar-refractivity contribution >= 4 is 70.6 Å². The third-order valence-corrected chi connectivity index (χ3v) is 9.29. The summed E-state index contributed by atoms with van der Waals surface area (Å²) in [6, 6.07) is 27.0. The molecule has 3 aliphatic heterocycles. The summed E-state index contributed by atoms with van der Waals surface area (Å²) in [5, 5.41) is 0. The minimum absolute atomic E-state index is 0.774. The Morgan fingerprint density at radius 2 is 0.763 bits per heavy atom. The van der Waals surface area contributed by atoms with Gasteiger partial charge < -0.3 is 9.80 Å². The Hall–Kier alpha value is -3.86. The monoisotopic (exact) mass is 526 g/mol. The smallest absolute Gasteiger partial charge is 0.0556 e. The zero-order chi connectivity index (χ0) is 25.6. The minimum Gasteiger partial charge on any atom is -0.336 e. The van der Waals surface area contributed by atoms with Gasteiger partial charge in [0.1, 0.15) is 0 Å². The lowest BCUT2D eigenvalue weighted by Gasteiger charge is -2.32. The summed E-state index contributed by atoms with van der Waals surface area (Å²) in [6.45, 7) is 9.58. The topological polar surface area (TPSA) is 6.48 Å². The molecule has 3 heterocycles. The van der Waals surface area contributed by atoms with Gasteiger partial charge in [-0.3, -0.25) is 0 Å². The Balaban J connectivity index is 1.41. The molecule has 0 amide bonds. The molecule has 0 saturated carbocycles. The van der Waals surface area contributed by atoms with Gasteiger partial charge in [0.05, 0.1) is 22.7 Å². The average molecular weight is 527 g/mol. The molecule has 4 heteroatoms. The number of benzene rings is 4. The van der Waals surface area contributed by atoms with E-state index in [2.05, 4.69) is 120 Å². The highest BCUT2D eigenvalue weighted by molar-refractivity contribution is 8.00. The predicted octanol–water partition coefficient (Wildman–Crippen LogP) is 9.92. The fourth-order valence-electron chi connectivity index (χ4n) is 5.29. The number of fused-ring (bicyclic) bond motifs is 4. The Morgan fingerprint density at radius 3 is 1.03 bits per heavy atom. The first kappa shape index (κ1) is 23.3. The molecule has 184 valence electrons. The molecule has 0 fully saturated rings. The molecular formula is C34H26N2S2. The van der Waals surface area contributed by atoms with Gasteiger partial charge in [-0.1, -0.05) is 84.2 Å². The molecule has 7 rings (SSSR count). The standard InChI is InChI=1S/C34H26N2S2/c1-3-17-35-27-13-9-23-5-7-25-11-15-29-33(21-25)38-34-22-26(12-16-30(34)36(29)18-4-2)8-6-24-10-14-28(35)32(20-24)37-31(27)19-23/h3-16,19-22H,1-2,17-18H2. The Kier molecular flexibility index (Phi) is 5.80. The van der Waals surface area contributed by atoms with Crippen LogP contribution in [0.2, 0.25) is 0 Å². The van der Waals surface area contributed by atoms with Crippen LogP contribution in [0.1, 0.15) is 22.3 Å². The molecule has 8 bridgehead atoms. The van der Waals surface area contributed by atoms with Crippen LogP contribution in [0.25, 0.3) is 24.3 Å². The average Bonchev–Trinajstić information content (AvgIpc) is 2.94. The van der Waals surface area contributed by atoms with E-state index >= 15 is 0 Å². The van der Waals surface area contributed by atoms with Crippen LogP contribution in [0.4, 0.5) is 22.7 Å². The van der Waals surface area contributed by atoms with E-state index < -0.39 is 0 Å². The molecular weight excluding hydrogens is 501 g/mol. The predicted molar refractivity (Wildman–Crippen MR) is 166 cm³/mol. The van der Waals surface area contributed by atoms with Crippen LogP contribution in [0.15, 0.2) is 118 Å². The van der Waals surface area contributed by atoms with E-state index in [4.69, 9.17) is 0 Å². The number of nitrogens with zero attached hydrogens (tertiary/aromatic N) is 2. The fraction of sp³-hybridized carbons (Fsp3) is 0.0588. The van der Waals surface area contributed by atoms with Crippen molar-refractivity contribution in [3.8, 4) is 0 Å². The van der Waals surface area contributed by atoms with Crippen LogP contribution >= 0.6 is 23.5 Å². The van der Waals surface area contributed by atoms with Crippen molar-refractivity contribution in [1.29, 1.82) is 0 Å². The second-order valence-corrected chi connectivity index (χ2v) is 11.7. The summed E-state index contributed by atoms with van der Waals surface area (Å²) in [7, 11) is 0. The first-order chi connectivity index (χ1) is 18.7. The molecule has 0 atom stereocenters. The summed E-state index contributed by atoms with van der Waals surface area (Å²) in [4.78, 5) is 9.80. The van der Waals surface area contributed by atoms with Crippen LogP contribution in [-0.2, 0) is 0 Å². The van der Waals surface area contributed by atoms with E-state index in [9.17, 15) is 0 Å². The van der Waals surface area contributed by atoms with Gasteiger partial charge in [-0.25, -0.2) is 0 Å². The van der Waals surface area contributed by atoms with Gasteiger partial charge in [0, 0.05) is 32.7 Å². The van der Waals surface area contributed by atoms with Crippen molar-refractivity contribution in [3.63, 3.8) is 0 Å². The summed E-state index contributed by atoms with van der Waals surface area (Å²) in [5.41, 5.74) is 9.73. The van der Waals surface area contributed by atoms with Gasteiger partial charge in [0.25, 0.3) is 0 Å². The van der Waals surface area contributed by atoms with Crippen molar-refractivity contribution in [2.24, 2.45) is 0 Å². The summed E-state index contributed by atoms with van der Waals surface area (Å²) in [6.07, 6.45) is 12.8. The number of rotatable bonds is 4. The molecule has 0 aliphatic carbocycles. The zero-order valence-electron chi connectivity index (χ0n) is 20.9. The van der Waals surface area contributed by atoms with Crippen molar-refractivity contribution in [2.45, 2.75) is 19.6 Å². The first-order valence-corrected chi connectivity index (χ1v) is 14.4. The third-order valence-electron chi connectivity index (χ3n) is 7.10. The molecule has 0 spiro atoms. The maximum atomic E-state index is 4.02. The molecule has 38 heavy (non-hydrogen) atoms. The molecule has 0 saturated heterocycles. The van der Waals surface area contributed by atoms with Gasteiger partial charge in [0.2, 0.25) is 0 Å². The van der Waals surface area contributed by atoms with Crippen LogP contribution in [0.5, 0.6) is 0 Å². The van der Waals surface area contributed by atoms with E-state index in [0.717, 1.165) is 13.1 Å². The van der Waals surface area contributed by atoms with Gasteiger partial charge in [0.15, 0.2) is 0 Å². The number of anilines is 4. The lowest BCUT2D eigenvalue weighted by molar-refractivity contribution is 1.03. The number of hydrogen-bond acceptors (Lipinski definition) is 4. The maximum absolute atomic E-state index is 4.02. The van der Waals surface area contributed by atoms with Gasteiger partial charge >= 0.3 is 0 Å². The molecule has 0 unspecified atom stereocenters. The Bertz CT molecular complexity index is 1440. The van der Waals surface area contributed by atoms with Crippen molar-refractivity contribution in [2.75, 3.05) is 22.9 Å². The Labute approximate surface area is 232 Å². The molecule has 2 nitrogen and oxygen atoms in total. The molecule has 0 radical (unpaired) electrons. The highest BCUT2D eigenvalue weighted by Gasteiger charge is 2.24. The van der Waals surface area contributed by atoms with Crippen molar-refractivity contribution in [1.82, 2.24) is 0 Å². The second kappa shape index (κ2) is 9.46. The van der Waals surface area contributed by atoms with E-state index in [1.165, 1.54) is 64.6 Å². The second-order valence-electron chi connectivity index (χ2n) is 9.58. The Morgan fingerprint density at radius 1 is 0.474 bits per heavy atom. The summed E-state index contributed by atoms with van der Waals surface area (Å²) < 4.78 is 0. The largest absolute Gasteiger partial charge is 0.336 e. The van der Waals surface area contributed by atoms with Gasteiger partial charge in [-0.15, -0.1) is 13.2 Å². The highest BCUT2D eigenvalue weighted by Crippen LogP contribution is 2.50. The normalized spacial score (nSPS) is 14.2. The van der Waals surface area contributed by atoms with E-state index in [1.54, 1.807) is 0 Å². The minimum atomic E-state index is 0.774. The highest BCUT2D eigenvalue weighted by atomic mass is 32.2. The molecule has 4 aromatic rings. The lowest BCUT2D eigenvalue weighted by Crippen LogP contribution is -2.20. The van der Waals surface area contributed by atoms with Gasteiger partial charge in [-0.2, -0.15) is 0 Å². The van der Waals surface area contributed by atoms with E-state index in [-0.39, 0.29) is 0 Å². The van der Waals surface area contributed by atoms with Crippen LogP contribution < -0.4 is 9.80 Å². The van der Waals surface area contributed by atoms with Crippen LogP contribution in [0.3, 0.4) is 0 Å². The third kappa shape index (κ3) is 4.01. The summed E-state index contributed by atoms with van der Waals surface area (Å²) in [5.74, 6) is 0. The van der Waals surface area contributed by atoms with Gasteiger partial charge in [-0.05, 0) is 70.8 Å². The number of hydrogen-bond donors (Lipinski definition) is 0. The first-order valence-electron chi connectivity index (χ1n) is 12.7. The molecule has 0 N–H and O–H groups in total. The van der Waals surface area contributed by atoms with Crippen LogP contribution in [0, 0.1) is 0 Å². The quantitative estimate of drug-likeness (QED) is 0.215. The molecule has 4 aromatic carbocycles. The van der Waals surface area contributed by atoms with Crippen molar-refractivity contribution < 1.29 is 0 Å². The SMILES string of the molecule is C=CCN1c2ccc3cc2Sc2cc(ccc21)C=Cc1ccc2c(c1)Sc1cc(ccc1N2CC=C)C=C3.